The number of nitro groups is 1. The molecule has 0 atom stereocenters. The minimum absolute atomic E-state index is 0.154. The van der Waals surface area contributed by atoms with E-state index in [0.29, 0.717) is 0 Å². The number of piperidine rings is 1. The van der Waals surface area contributed by atoms with Crippen molar-refractivity contribution in [1.82, 2.24) is 10.3 Å². The lowest BCUT2D eigenvalue weighted by molar-refractivity contribution is -0.384. The Hall–Kier alpha value is -2.20. The van der Waals surface area contributed by atoms with Gasteiger partial charge in [-0.15, -0.1) is 0 Å². The highest BCUT2D eigenvalue weighted by Gasteiger charge is 2.29. The van der Waals surface area contributed by atoms with Gasteiger partial charge in [0.1, 0.15) is 6.07 Å². The Balaban J connectivity index is 2.29. The maximum atomic E-state index is 11.0. The van der Waals surface area contributed by atoms with E-state index in [9.17, 15) is 10.1 Å². The smallest absolute Gasteiger partial charge is 0.312 e. The van der Waals surface area contributed by atoms with E-state index in [1.807, 2.05) is 13.0 Å². The number of pyridine rings is 1. The molecule has 0 spiro atoms. The van der Waals surface area contributed by atoms with Crippen molar-refractivity contribution in [2.24, 2.45) is 0 Å². The van der Waals surface area contributed by atoms with E-state index >= 15 is 0 Å². The quantitative estimate of drug-likeness (QED) is 0.629. The molecule has 7 heteroatoms. The lowest BCUT2D eigenvalue weighted by Gasteiger charge is -2.35. The molecular formula is C12H15N5O2. The van der Waals surface area contributed by atoms with E-state index in [0.717, 1.165) is 25.9 Å². The highest BCUT2D eigenvalue weighted by molar-refractivity contribution is 5.59. The number of nitrogens with one attached hydrogen (secondary N) is 2. The number of hydrogen-bond acceptors (Lipinski definition) is 6. The molecule has 0 aliphatic carbocycles. The number of rotatable bonds is 3. The first kappa shape index (κ1) is 13.2. The molecule has 1 aliphatic rings. The van der Waals surface area contributed by atoms with Crippen molar-refractivity contribution in [3.05, 3.63) is 27.9 Å². The molecule has 1 saturated heterocycles. The summed E-state index contributed by atoms with van der Waals surface area (Å²) in [5.74, 6) is 0.230. The van der Waals surface area contributed by atoms with Gasteiger partial charge in [0.05, 0.1) is 10.5 Å². The van der Waals surface area contributed by atoms with Gasteiger partial charge in [0.15, 0.2) is 0 Å². The van der Waals surface area contributed by atoms with Crippen LogP contribution in [-0.4, -0.2) is 28.5 Å². The zero-order chi connectivity index (χ0) is 13.9. The first-order chi connectivity index (χ1) is 9.04. The molecule has 19 heavy (non-hydrogen) atoms. The van der Waals surface area contributed by atoms with Crippen LogP contribution in [0.3, 0.4) is 0 Å². The van der Waals surface area contributed by atoms with Crippen molar-refractivity contribution >= 4 is 11.5 Å². The Labute approximate surface area is 110 Å². The van der Waals surface area contributed by atoms with Gasteiger partial charge in [0.25, 0.3) is 0 Å². The van der Waals surface area contributed by atoms with Gasteiger partial charge in [0, 0.05) is 17.8 Å². The zero-order valence-electron chi connectivity index (χ0n) is 10.6. The summed E-state index contributed by atoms with van der Waals surface area (Å²) in [4.78, 5) is 14.5. The summed E-state index contributed by atoms with van der Waals surface area (Å²) in [6.07, 6.45) is 3.08. The molecule has 1 aliphatic heterocycles. The first-order valence-electron chi connectivity index (χ1n) is 6.07. The number of aromatic nitrogens is 1. The Morgan fingerprint density at radius 2 is 2.26 bits per heavy atom. The standard InChI is InChI=1S/C12H15N5O2/c1-12(2-4-14-5-3-12)16-11-10(17(18)19)6-9(7-13)8-15-11/h6,8,14H,2-5H2,1H3,(H,15,16). The topological polar surface area (TPSA) is 104 Å². The molecule has 0 aromatic carbocycles. The molecule has 0 amide bonds. The molecule has 2 heterocycles. The van der Waals surface area contributed by atoms with E-state index in [1.54, 1.807) is 0 Å². The van der Waals surface area contributed by atoms with E-state index in [4.69, 9.17) is 5.26 Å². The zero-order valence-corrected chi connectivity index (χ0v) is 10.6. The molecule has 0 unspecified atom stereocenters. The van der Waals surface area contributed by atoms with Crippen LogP contribution in [0.5, 0.6) is 0 Å². The average Bonchev–Trinajstić information content (AvgIpc) is 2.39. The molecule has 1 aromatic rings. The second-order valence-corrected chi connectivity index (χ2v) is 4.90. The first-order valence-corrected chi connectivity index (χ1v) is 6.07. The van der Waals surface area contributed by atoms with Crippen molar-refractivity contribution in [3.8, 4) is 6.07 Å². The van der Waals surface area contributed by atoms with Crippen molar-refractivity contribution in [2.45, 2.75) is 25.3 Å². The van der Waals surface area contributed by atoms with Crippen LogP contribution in [0.2, 0.25) is 0 Å². The summed E-state index contributed by atoms with van der Waals surface area (Å²) in [6, 6.07) is 3.11. The third kappa shape index (κ3) is 2.98. The Kier molecular flexibility index (Phi) is 3.62. The highest BCUT2D eigenvalue weighted by atomic mass is 16.6. The lowest BCUT2D eigenvalue weighted by atomic mass is 9.90. The van der Waals surface area contributed by atoms with Crippen LogP contribution in [0, 0.1) is 21.4 Å². The summed E-state index contributed by atoms with van der Waals surface area (Å²) < 4.78 is 0. The molecule has 100 valence electrons. The number of nitrogens with zero attached hydrogens (tertiary/aromatic N) is 3. The van der Waals surface area contributed by atoms with Crippen LogP contribution in [0.1, 0.15) is 25.3 Å². The molecule has 0 radical (unpaired) electrons. The van der Waals surface area contributed by atoms with E-state index in [2.05, 4.69) is 15.6 Å². The number of anilines is 1. The van der Waals surface area contributed by atoms with Gasteiger partial charge in [-0.05, 0) is 32.9 Å². The Morgan fingerprint density at radius 1 is 1.58 bits per heavy atom. The van der Waals surface area contributed by atoms with Crippen LogP contribution in [-0.2, 0) is 0 Å². The van der Waals surface area contributed by atoms with E-state index in [-0.39, 0.29) is 22.6 Å². The fourth-order valence-corrected chi connectivity index (χ4v) is 2.14. The normalized spacial score (nSPS) is 17.5. The maximum Gasteiger partial charge on any atom is 0.312 e. The molecule has 0 saturated carbocycles. The van der Waals surface area contributed by atoms with Crippen LogP contribution < -0.4 is 10.6 Å². The van der Waals surface area contributed by atoms with Gasteiger partial charge in [-0.2, -0.15) is 5.26 Å². The van der Waals surface area contributed by atoms with Crippen LogP contribution in [0.25, 0.3) is 0 Å². The van der Waals surface area contributed by atoms with Gasteiger partial charge in [0.2, 0.25) is 5.82 Å². The van der Waals surface area contributed by atoms with Crippen molar-refractivity contribution in [2.75, 3.05) is 18.4 Å². The van der Waals surface area contributed by atoms with E-state index < -0.39 is 4.92 Å². The largest absolute Gasteiger partial charge is 0.359 e. The van der Waals surface area contributed by atoms with Gasteiger partial charge >= 0.3 is 5.69 Å². The maximum absolute atomic E-state index is 11.0. The second-order valence-electron chi connectivity index (χ2n) is 4.90. The summed E-state index contributed by atoms with van der Waals surface area (Å²) in [5.41, 5.74) is -0.177. The Morgan fingerprint density at radius 3 is 2.84 bits per heavy atom. The minimum Gasteiger partial charge on any atom is -0.359 e. The Bertz CT molecular complexity index is 531. The number of hydrogen-bond donors (Lipinski definition) is 2. The van der Waals surface area contributed by atoms with Gasteiger partial charge < -0.3 is 10.6 Å². The second kappa shape index (κ2) is 5.20. The lowest BCUT2D eigenvalue weighted by Crippen LogP contribution is -2.45. The minimum atomic E-state index is -0.513. The SMILES string of the molecule is CC1(Nc2ncc(C#N)cc2[N+](=O)[O-])CCNCC1. The van der Waals surface area contributed by atoms with Gasteiger partial charge in [-0.3, -0.25) is 10.1 Å². The predicted octanol–water partition coefficient (Wildman–Crippen LogP) is 1.42. The molecule has 0 bridgehead atoms. The fraction of sp³-hybridized carbons (Fsp3) is 0.500. The van der Waals surface area contributed by atoms with E-state index in [1.165, 1.54) is 12.3 Å². The molecular weight excluding hydrogens is 246 g/mol. The highest BCUT2D eigenvalue weighted by Crippen LogP contribution is 2.29. The summed E-state index contributed by atoms with van der Waals surface area (Å²) in [5, 5.41) is 26.2. The molecule has 1 aromatic heterocycles. The third-order valence-electron chi connectivity index (χ3n) is 3.32. The summed E-state index contributed by atoms with van der Waals surface area (Å²) >= 11 is 0. The van der Waals surface area contributed by atoms with Crippen molar-refractivity contribution < 1.29 is 4.92 Å². The average molecular weight is 261 g/mol. The van der Waals surface area contributed by atoms with Crippen LogP contribution in [0.4, 0.5) is 11.5 Å². The summed E-state index contributed by atoms with van der Waals surface area (Å²) in [6.45, 7) is 3.76. The van der Waals surface area contributed by atoms with Crippen molar-refractivity contribution in [1.29, 1.82) is 5.26 Å². The third-order valence-corrected chi connectivity index (χ3v) is 3.32. The molecule has 2 rings (SSSR count). The van der Waals surface area contributed by atoms with Crippen LogP contribution in [0.15, 0.2) is 12.3 Å². The molecule has 7 nitrogen and oxygen atoms in total. The van der Waals surface area contributed by atoms with Gasteiger partial charge in [-0.25, -0.2) is 4.98 Å². The fourth-order valence-electron chi connectivity index (χ4n) is 2.14. The summed E-state index contributed by atoms with van der Waals surface area (Å²) in [7, 11) is 0. The van der Waals surface area contributed by atoms with Crippen molar-refractivity contribution in [3.63, 3.8) is 0 Å². The van der Waals surface area contributed by atoms with Gasteiger partial charge in [-0.1, -0.05) is 0 Å². The molecule has 2 N–H and O–H groups in total. The van der Waals surface area contributed by atoms with Crippen LogP contribution >= 0.6 is 0 Å². The molecule has 1 fully saturated rings. The monoisotopic (exact) mass is 261 g/mol. The predicted molar refractivity (Wildman–Crippen MR) is 69.7 cm³/mol. The number of nitriles is 1.